The highest BCUT2D eigenvalue weighted by atomic mass is 16.4. The molecule has 0 aliphatic carbocycles. The molecule has 2 heterocycles. The van der Waals surface area contributed by atoms with E-state index in [1.54, 1.807) is 25.2 Å². The second kappa shape index (κ2) is 3.81. The maximum atomic E-state index is 11.4. The van der Waals surface area contributed by atoms with Crippen LogP contribution in [0.1, 0.15) is 5.69 Å². The van der Waals surface area contributed by atoms with Crippen LogP contribution in [0, 0.1) is 0 Å². The lowest BCUT2D eigenvalue weighted by atomic mass is 10.3. The zero-order valence-corrected chi connectivity index (χ0v) is 9.57. The third kappa shape index (κ3) is 1.52. The Morgan fingerprint density at radius 3 is 3.00 bits per heavy atom. The third-order valence-electron chi connectivity index (χ3n) is 2.71. The Kier molecular flexibility index (Phi) is 2.27. The highest BCUT2D eigenvalue weighted by molar-refractivity contribution is 5.75. The van der Waals surface area contributed by atoms with Crippen molar-refractivity contribution in [3.05, 3.63) is 40.6 Å². The van der Waals surface area contributed by atoms with Crippen LogP contribution in [-0.2, 0) is 13.7 Å². The molecule has 0 bridgehead atoms. The van der Waals surface area contributed by atoms with Gasteiger partial charge in [0.25, 0.3) is 0 Å². The van der Waals surface area contributed by atoms with E-state index in [-0.39, 0.29) is 6.61 Å². The van der Waals surface area contributed by atoms with Gasteiger partial charge in [-0.2, -0.15) is 15.0 Å². The number of aliphatic hydroxyl groups is 1. The van der Waals surface area contributed by atoms with E-state index in [0.29, 0.717) is 22.5 Å². The SMILES string of the molecule is Cn1c(=O)oc2ccc(-n3ncc(CO)n3)cc21. The van der Waals surface area contributed by atoms with E-state index in [9.17, 15) is 4.79 Å². The van der Waals surface area contributed by atoms with Gasteiger partial charge < -0.3 is 9.52 Å². The standard InChI is InChI=1S/C11H10N4O3/c1-14-9-4-8(2-3-10(9)18-11(14)17)15-12-5-7(6-16)13-15/h2-5,16H,6H2,1H3. The number of rotatable bonds is 2. The van der Waals surface area contributed by atoms with Crippen molar-refractivity contribution in [2.45, 2.75) is 6.61 Å². The largest absolute Gasteiger partial charge is 0.419 e. The van der Waals surface area contributed by atoms with Crippen molar-refractivity contribution < 1.29 is 9.52 Å². The molecule has 0 aliphatic rings. The summed E-state index contributed by atoms with van der Waals surface area (Å²) in [6.07, 6.45) is 1.48. The summed E-state index contributed by atoms with van der Waals surface area (Å²) in [5, 5.41) is 17.0. The molecule has 3 rings (SSSR count). The van der Waals surface area contributed by atoms with E-state index in [4.69, 9.17) is 9.52 Å². The minimum Gasteiger partial charge on any atom is -0.408 e. The summed E-state index contributed by atoms with van der Waals surface area (Å²) in [6, 6.07) is 5.18. The van der Waals surface area contributed by atoms with E-state index < -0.39 is 5.76 Å². The number of hydrogen-bond acceptors (Lipinski definition) is 5. The molecular weight excluding hydrogens is 236 g/mol. The average molecular weight is 246 g/mol. The molecule has 7 nitrogen and oxygen atoms in total. The molecular formula is C11H10N4O3. The summed E-state index contributed by atoms with van der Waals surface area (Å²) in [6.45, 7) is -0.160. The first kappa shape index (κ1) is 10.7. The van der Waals surface area contributed by atoms with Gasteiger partial charge in [-0.05, 0) is 18.2 Å². The van der Waals surface area contributed by atoms with Gasteiger partial charge in [0.1, 0.15) is 5.69 Å². The Labute approximate surface area is 101 Å². The van der Waals surface area contributed by atoms with Gasteiger partial charge in [-0.3, -0.25) is 4.57 Å². The fourth-order valence-electron chi connectivity index (χ4n) is 1.73. The van der Waals surface area contributed by atoms with Crippen LogP contribution < -0.4 is 5.76 Å². The first-order chi connectivity index (χ1) is 8.69. The molecule has 1 aromatic carbocycles. The lowest BCUT2D eigenvalue weighted by Gasteiger charge is -1.99. The van der Waals surface area contributed by atoms with Gasteiger partial charge in [-0.1, -0.05) is 0 Å². The Morgan fingerprint density at radius 1 is 1.44 bits per heavy atom. The van der Waals surface area contributed by atoms with Gasteiger partial charge in [0.2, 0.25) is 0 Å². The molecule has 0 saturated carbocycles. The smallest absolute Gasteiger partial charge is 0.408 e. The van der Waals surface area contributed by atoms with Crippen LogP contribution in [0.4, 0.5) is 0 Å². The minimum absolute atomic E-state index is 0.160. The van der Waals surface area contributed by atoms with Gasteiger partial charge in [-0.15, -0.1) is 0 Å². The van der Waals surface area contributed by atoms with E-state index in [2.05, 4.69) is 10.2 Å². The van der Waals surface area contributed by atoms with Gasteiger partial charge in [-0.25, -0.2) is 4.79 Å². The lowest BCUT2D eigenvalue weighted by molar-refractivity contribution is 0.276. The number of aryl methyl sites for hydroxylation is 1. The first-order valence-corrected chi connectivity index (χ1v) is 5.31. The van der Waals surface area contributed by atoms with Crippen molar-refractivity contribution in [3.63, 3.8) is 0 Å². The Hall–Kier alpha value is -2.41. The monoisotopic (exact) mass is 246 g/mol. The van der Waals surface area contributed by atoms with Crippen LogP contribution in [-0.4, -0.2) is 24.7 Å². The minimum atomic E-state index is -0.411. The van der Waals surface area contributed by atoms with Crippen LogP contribution in [0.2, 0.25) is 0 Å². The van der Waals surface area contributed by atoms with Gasteiger partial charge in [0.15, 0.2) is 5.58 Å². The Morgan fingerprint density at radius 2 is 2.28 bits per heavy atom. The molecule has 0 radical (unpaired) electrons. The molecule has 92 valence electrons. The number of hydrogen-bond donors (Lipinski definition) is 1. The van der Waals surface area contributed by atoms with Crippen molar-refractivity contribution in [3.8, 4) is 5.69 Å². The molecule has 1 N–H and O–H groups in total. The van der Waals surface area contributed by atoms with Crippen LogP contribution in [0.3, 0.4) is 0 Å². The van der Waals surface area contributed by atoms with Gasteiger partial charge in [0.05, 0.1) is 24.0 Å². The highest BCUT2D eigenvalue weighted by Gasteiger charge is 2.08. The quantitative estimate of drug-likeness (QED) is 0.698. The molecule has 18 heavy (non-hydrogen) atoms. The van der Waals surface area contributed by atoms with Crippen LogP contribution in [0.15, 0.2) is 33.6 Å². The van der Waals surface area contributed by atoms with E-state index in [1.807, 2.05) is 0 Å². The molecule has 0 spiro atoms. The van der Waals surface area contributed by atoms with Crippen molar-refractivity contribution in [1.82, 2.24) is 19.6 Å². The van der Waals surface area contributed by atoms with E-state index >= 15 is 0 Å². The number of fused-ring (bicyclic) bond motifs is 1. The molecule has 0 unspecified atom stereocenters. The second-order valence-electron chi connectivity index (χ2n) is 3.86. The first-order valence-electron chi connectivity index (χ1n) is 5.31. The normalized spacial score (nSPS) is 11.2. The van der Waals surface area contributed by atoms with Gasteiger partial charge >= 0.3 is 5.76 Å². The Balaban J connectivity index is 2.18. The topological polar surface area (TPSA) is 86.1 Å². The molecule has 2 aromatic heterocycles. The average Bonchev–Trinajstić information content (AvgIpc) is 2.96. The molecule has 0 amide bonds. The van der Waals surface area contributed by atoms with E-state index in [0.717, 1.165) is 0 Å². The fourth-order valence-corrected chi connectivity index (χ4v) is 1.73. The van der Waals surface area contributed by atoms with Crippen molar-refractivity contribution in [2.75, 3.05) is 0 Å². The number of oxazole rings is 1. The van der Waals surface area contributed by atoms with E-state index in [1.165, 1.54) is 15.6 Å². The Bertz CT molecular complexity index is 768. The lowest BCUT2D eigenvalue weighted by Crippen LogP contribution is -2.08. The van der Waals surface area contributed by atoms with Gasteiger partial charge in [0, 0.05) is 7.05 Å². The number of nitrogens with zero attached hydrogens (tertiary/aromatic N) is 4. The third-order valence-corrected chi connectivity index (χ3v) is 2.71. The molecule has 0 fully saturated rings. The summed E-state index contributed by atoms with van der Waals surface area (Å²) in [5.74, 6) is -0.411. The predicted octanol–water partition coefficient (Wildman–Crippen LogP) is 0.204. The summed E-state index contributed by atoms with van der Waals surface area (Å²) in [4.78, 5) is 12.8. The van der Waals surface area contributed by atoms with Crippen molar-refractivity contribution >= 4 is 11.1 Å². The number of benzene rings is 1. The summed E-state index contributed by atoms with van der Waals surface area (Å²) >= 11 is 0. The van der Waals surface area contributed by atoms with Crippen LogP contribution >= 0.6 is 0 Å². The molecule has 7 heteroatoms. The fraction of sp³-hybridized carbons (Fsp3) is 0.182. The summed E-state index contributed by atoms with van der Waals surface area (Å²) < 4.78 is 6.45. The van der Waals surface area contributed by atoms with Crippen LogP contribution in [0.5, 0.6) is 0 Å². The maximum absolute atomic E-state index is 11.4. The maximum Gasteiger partial charge on any atom is 0.419 e. The molecule has 0 atom stereocenters. The molecule has 3 aromatic rings. The highest BCUT2D eigenvalue weighted by Crippen LogP contribution is 2.16. The summed E-state index contributed by atoms with van der Waals surface area (Å²) in [5.41, 5.74) is 2.36. The molecule has 0 aliphatic heterocycles. The number of aromatic nitrogens is 4. The van der Waals surface area contributed by atoms with Crippen molar-refractivity contribution in [1.29, 1.82) is 0 Å². The number of aliphatic hydroxyl groups excluding tert-OH is 1. The van der Waals surface area contributed by atoms with Crippen molar-refractivity contribution in [2.24, 2.45) is 7.05 Å². The zero-order chi connectivity index (χ0) is 12.7. The summed E-state index contributed by atoms with van der Waals surface area (Å²) in [7, 11) is 1.63. The molecule has 0 saturated heterocycles. The second-order valence-corrected chi connectivity index (χ2v) is 3.86. The zero-order valence-electron chi connectivity index (χ0n) is 9.57. The predicted molar refractivity (Wildman–Crippen MR) is 62.3 cm³/mol. The van der Waals surface area contributed by atoms with Crippen LogP contribution in [0.25, 0.3) is 16.8 Å².